The van der Waals surface area contributed by atoms with Gasteiger partial charge in [-0.1, -0.05) is 51.8 Å². The maximum atomic E-state index is 6.07. The molecule has 0 aliphatic carbocycles. The van der Waals surface area contributed by atoms with Gasteiger partial charge in [0.1, 0.15) is 0 Å². The summed E-state index contributed by atoms with van der Waals surface area (Å²) in [4.78, 5) is 2.30. The van der Waals surface area contributed by atoms with Crippen LogP contribution < -0.4 is 5.73 Å². The van der Waals surface area contributed by atoms with E-state index in [9.17, 15) is 0 Å². The van der Waals surface area contributed by atoms with Crippen LogP contribution in [0.15, 0.2) is 46.9 Å². The van der Waals surface area contributed by atoms with Gasteiger partial charge in [-0.05, 0) is 48.9 Å². The number of nitrogens with two attached hydrogens (primary N) is 1. The van der Waals surface area contributed by atoms with Crippen molar-refractivity contribution < 1.29 is 0 Å². The molecule has 2 N–H and O–H groups in total. The molecular formula is C17H20BrClN2. The highest BCUT2D eigenvalue weighted by Gasteiger charge is 2.13. The molecule has 2 aromatic carbocycles. The molecule has 2 nitrogen and oxygen atoms in total. The molecule has 0 heterocycles. The van der Waals surface area contributed by atoms with E-state index in [4.69, 9.17) is 17.3 Å². The fraction of sp³-hybridized carbons (Fsp3) is 0.294. The van der Waals surface area contributed by atoms with Gasteiger partial charge in [-0.2, -0.15) is 0 Å². The average Bonchev–Trinajstić information content (AvgIpc) is 2.48. The molecule has 0 saturated carbocycles. The summed E-state index contributed by atoms with van der Waals surface area (Å²) in [5, 5.41) is 0.779. The predicted molar refractivity (Wildman–Crippen MR) is 93.4 cm³/mol. The van der Waals surface area contributed by atoms with Gasteiger partial charge >= 0.3 is 0 Å². The highest BCUT2D eigenvalue weighted by atomic mass is 79.9. The van der Waals surface area contributed by atoms with Crippen LogP contribution in [0.3, 0.4) is 0 Å². The van der Waals surface area contributed by atoms with Crippen LogP contribution >= 0.6 is 27.5 Å². The molecule has 0 fully saturated rings. The fourth-order valence-electron chi connectivity index (χ4n) is 2.27. The van der Waals surface area contributed by atoms with Crippen molar-refractivity contribution in [3.05, 3.63) is 68.7 Å². The lowest BCUT2D eigenvalue weighted by Crippen LogP contribution is -2.22. The van der Waals surface area contributed by atoms with Gasteiger partial charge < -0.3 is 5.73 Å². The van der Waals surface area contributed by atoms with E-state index in [1.54, 1.807) is 0 Å². The second-order valence-electron chi connectivity index (χ2n) is 5.28. The summed E-state index contributed by atoms with van der Waals surface area (Å²) in [6.07, 6.45) is 0. The van der Waals surface area contributed by atoms with Gasteiger partial charge in [0.15, 0.2) is 0 Å². The van der Waals surface area contributed by atoms with E-state index in [1.807, 2.05) is 18.2 Å². The van der Waals surface area contributed by atoms with Crippen LogP contribution in [0, 0.1) is 0 Å². The lowest BCUT2D eigenvalue weighted by Gasteiger charge is -2.26. The number of rotatable bonds is 5. The van der Waals surface area contributed by atoms with Gasteiger partial charge in [0.05, 0.1) is 0 Å². The Morgan fingerprint density at radius 2 is 2.00 bits per heavy atom. The summed E-state index contributed by atoms with van der Waals surface area (Å²) in [6, 6.07) is 14.6. The first-order valence-corrected chi connectivity index (χ1v) is 8.11. The lowest BCUT2D eigenvalue weighted by atomic mass is 10.1. The molecule has 0 spiro atoms. The van der Waals surface area contributed by atoms with E-state index in [2.05, 4.69) is 59.1 Å². The third kappa shape index (κ3) is 4.30. The van der Waals surface area contributed by atoms with E-state index in [0.717, 1.165) is 21.6 Å². The Morgan fingerprint density at radius 3 is 2.62 bits per heavy atom. The molecule has 2 aromatic rings. The minimum Gasteiger partial charge on any atom is -0.326 e. The molecule has 112 valence electrons. The maximum Gasteiger partial charge on any atom is 0.0409 e. The third-order valence-electron chi connectivity index (χ3n) is 3.77. The van der Waals surface area contributed by atoms with Crippen molar-refractivity contribution in [2.75, 3.05) is 7.05 Å². The van der Waals surface area contributed by atoms with E-state index in [1.165, 1.54) is 11.1 Å². The standard InChI is InChI=1S/C17H20BrClN2/c1-12(14-4-3-5-16(19)9-14)21(2)11-15-7-6-13(10-20)8-17(15)18/h3-9,12H,10-11,20H2,1-2H3. The van der Waals surface area contributed by atoms with E-state index in [0.29, 0.717) is 12.6 Å². The smallest absolute Gasteiger partial charge is 0.0409 e. The number of hydrogen-bond acceptors (Lipinski definition) is 2. The summed E-state index contributed by atoms with van der Waals surface area (Å²) in [6.45, 7) is 3.61. The Hall–Kier alpha value is -0.870. The van der Waals surface area contributed by atoms with Crippen molar-refractivity contribution in [2.45, 2.75) is 26.1 Å². The van der Waals surface area contributed by atoms with Crippen molar-refractivity contribution >= 4 is 27.5 Å². The minimum absolute atomic E-state index is 0.296. The maximum absolute atomic E-state index is 6.07. The zero-order chi connectivity index (χ0) is 15.4. The van der Waals surface area contributed by atoms with Crippen LogP contribution in [0.4, 0.5) is 0 Å². The van der Waals surface area contributed by atoms with Crippen molar-refractivity contribution in [3.63, 3.8) is 0 Å². The Balaban J connectivity index is 2.12. The van der Waals surface area contributed by atoms with Gasteiger partial charge in [0.25, 0.3) is 0 Å². The highest BCUT2D eigenvalue weighted by Crippen LogP contribution is 2.26. The van der Waals surface area contributed by atoms with Gasteiger partial charge in [0, 0.05) is 28.6 Å². The van der Waals surface area contributed by atoms with Crippen molar-refractivity contribution in [3.8, 4) is 0 Å². The van der Waals surface area contributed by atoms with Crippen LogP contribution in [-0.2, 0) is 13.1 Å². The van der Waals surface area contributed by atoms with Gasteiger partial charge in [-0.3, -0.25) is 4.90 Å². The molecule has 2 rings (SSSR count). The highest BCUT2D eigenvalue weighted by molar-refractivity contribution is 9.10. The average molecular weight is 368 g/mol. The first-order valence-electron chi connectivity index (χ1n) is 6.94. The summed E-state index contributed by atoms with van der Waals surface area (Å²) < 4.78 is 1.11. The molecule has 0 aliphatic rings. The molecule has 0 saturated heterocycles. The van der Waals surface area contributed by atoms with Crippen LogP contribution in [0.25, 0.3) is 0 Å². The molecule has 0 bridgehead atoms. The van der Waals surface area contributed by atoms with Crippen LogP contribution in [0.5, 0.6) is 0 Å². The monoisotopic (exact) mass is 366 g/mol. The quantitative estimate of drug-likeness (QED) is 0.826. The molecule has 1 unspecified atom stereocenters. The minimum atomic E-state index is 0.296. The number of hydrogen-bond donors (Lipinski definition) is 1. The summed E-state index contributed by atoms with van der Waals surface area (Å²) in [7, 11) is 2.12. The SMILES string of the molecule is CC(c1cccc(Cl)c1)N(C)Cc1ccc(CN)cc1Br. The van der Waals surface area contributed by atoms with Crippen LogP contribution in [0.2, 0.25) is 5.02 Å². The van der Waals surface area contributed by atoms with Crippen molar-refractivity contribution in [2.24, 2.45) is 5.73 Å². The Kier molecular flexibility index (Phi) is 5.82. The van der Waals surface area contributed by atoms with Crippen molar-refractivity contribution in [1.82, 2.24) is 4.90 Å². The first-order chi connectivity index (χ1) is 10.0. The molecule has 0 amide bonds. The number of halogens is 2. The fourth-order valence-corrected chi connectivity index (χ4v) is 3.02. The van der Waals surface area contributed by atoms with Crippen molar-refractivity contribution in [1.29, 1.82) is 0 Å². The third-order valence-corrected chi connectivity index (χ3v) is 4.74. The molecule has 0 aliphatic heterocycles. The molecular weight excluding hydrogens is 348 g/mol. The van der Waals surface area contributed by atoms with Crippen LogP contribution in [0.1, 0.15) is 29.7 Å². The topological polar surface area (TPSA) is 29.3 Å². The zero-order valence-corrected chi connectivity index (χ0v) is 14.7. The van der Waals surface area contributed by atoms with E-state index in [-0.39, 0.29) is 0 Å². The van der Waals surface area contributed by atoms with Gasteiger partial charge in [-0.25, -0.2) is 0 Å². The first kappa shape index (κ1) is 16.5. The number of benzene rings is 2. The molecule has 0 radical (unpaired) electrons. The van der Waals surface area contributed by atoms with Gasteiger partial charge in [-0.15, -0.1) is 0 Å². The number of nitrogens with zero attached hydrogens (tertiary/aromatic N) is 1. The van der Waals surface area contributed by atoms with Crippen LogP contribution in [-0.4, -0.2) is 11.9 Å². The predicted octanol–water partition coefficient (Wildman–Crippen LogP) is 4.75. The Bertz CT molecular complexity index is 615. The summed E-state index contributed by atoms with van der Waals surface area (Å²) >= 11 is 9.70. The summed E-state index contributed by atoms with van der Waals surface area (Å²) in [5.74, 6) is 0. The van der Waals surface area contributed by atoms with E-state index < -0.39 is 0 Å². The zero-order valence-electron chi connectivity index (χ0n) is 12.3. The van der Waals surface area contributed by atoms with E-state index >= 15 is 0 Å². The second-order valence-corrected chi connectivity index (χ2v) is 6.57. The van der Waals surface area contributed by atoms with Gasteiger partial charge in [0.2, 0.25) is 0 Å². The normalized spacial score (nSPS) is 12.7. The Labute approximate surface area is 140 Å². The Morgan fingerprint density at radius 1 is 1.24 bits per heavy atom. The lowest BCUT2D eigenvalue weighted by molar-refractivity contribution is 0.252. The largest absolute Gasteiger partial charge is 0.326 e. The molecule has 4 heteroatoms. The summed E-state index contributed by atoms with van der Waals surface area (Å²) in [5.41, 5.74) is 9.28. The molecule has 0 aromatic heterocycles. The molecule has 21 heavy (non-hydrogen) atoms. The second kappa shape index (κ2) is 7.41. The molecule has 1 atom stereocenters.